The summed E-state index contributed by atoms with van der Waals surface area (Å²) in [6.07, 6.45) is 2.89. The van der Waals surface area contributed by atoms with Crippen molar-refractivity contribution >= 4 is 5.78 Å². The van der Waals surface area contributed by atoms with Crippen molar-refractivity contribution in [3.05, 3.63) is 0 Å². The van der Waals surface area contributed by atoms with Crippen LogP contribution in [0.15, 0.2) is 0 Å². The number of Topliss-reactive ketones (excluding diaryl/α,β-unsaturated/α-hetero) is 1. The molecule has 0 N–H and O–H groups in total. The van der Waals surface area contributed by atoms with E-state index in [4.69, 9.17) is 0 Å². The van der Waals surface area contributed by atoms with Crippen LogP contribution in [0.1, 0.15) is 33.1 Å². The molecule has 0 amide bonds. The van der Waals surface area contributed by atoms with Crippen LogP contribution in [0.5, 0.6) is 0 Å². The molecule has 2 fully saturated rings. The molecule has 1 heteroatoms. The second-order valence-electron chi connectivity index (χ2n) is 4.32. The first kappa shape index (κ1) is 6.38. The lowest BCUT2D eigenvalue weighted by Crippen LogP contribution is -2.05. The monoisotopic (exact) mass is 138 g/mol. The number of hydrogen-bond donors (Lipinski definition) is 0. The molecule has 56 valence electrons. The largest absolute Gasteiger partial charge is 0.300 e. The molecule has 0 radical (unpaired) electrons. The summed E-state index contributed by atoms with van der Waals surface area (Å²) in [6, 6.07) is 0. The van der Waals surface area contributed by atoms with Crippen LogP contribution in [-0.2, 0) is 4.79 Å². The van der Waals surface area contributed by atoms with E-state index in [1.165, 1.54) is 0 Å². The Morgan fingerprint density at radius 1 is 1.40 bits per heavy atom. The molecule has 2 rings (SSSR count). The van der Waals surface area contributed by atoms with E-state index in [-0.39, 0.29) is 0 Å². The van der Waals surface area contributed by atoms with Gasteiger partial charge in [0.2, 0.25) is 0 Å². The number of carbonyl (C=O) groups excluding carboxylic acids is 1. The van der Waals surface area contributed by atoms with E-state index in [1.54, 1.807) is 0 Å². The molecule has 2 atom stereocenters. The van der Waals surface area contributed by atoms with Gasteiger partial charge in [-0.2, -0.15) is 0 Å². The predicted octanol–water partition coefficient (Wildman–Crippen LogP) is 2.01. The minimum atomic E-state index is 0.492. The van der Waals surface area contributed by atoms with Gasteiger partial charge in [-0.25, -0.2) is 0 Å². The number of rotatable bonds is 0. The van der Waals surface area contributed by atoms with Gasteiger partial charge in [0, 0.05) is 12.8 Å². The van der Waals surface area contributed by atoms with E-state index >= 15 is 0 Å². The highest BCUT2D eigenvalue weighted by molar-refractivity contribution is 5.80. The average Bonchev–Trinajstić information content (AvgIpc) is 2.36. The van der Waals surface area contributed by atoms with Crippen molar-refractivity contribution in [3.8, 4) is 0 Å². The van der Waals surface area contributed by atoms with Crippen LogP contribution in [0, 0.1) is 17.3 Å². The molecular formula is C9H14O. The molecule has 0 heterocycles. The van der Waals surface area contributed by atoms with Crippen molar-refractivity contribution in [2.45, 2.75) is 33.1 Å². The molecule has 0 spiro atoms. The predicted molar refractivity (Wildman–Crippen MR) is 39.6 cm³/mol. The second kappa shape index (κ2) is 1.63. The van der Waals surface area contributed by atoms with Crippen molar-refractivity contribution in [3.63, 3.8) is 0 Å². The zero-order chi connectivity index (χ0) is 7.35. The molecule has 0 bridgehead atoms. The van der Waals surface area contributed by atoms with Gasteiger partial charge in [-0.05, 0) is 23.7 Å². The van der Waals surface area contributed by atoms with E-state index in [2.05, 4.69) is 13.8 Å². The molecule has 0 saturated heterocycles. The first-order chi connectivity index (χ1) is 4.62. The Morgan fingerprint density at radius 3 is 2.60 bits per heavy atom. The molecule has 0 aromatic rings. The maximum absolute atomic E-state index is 11.0. The van der Waals surface area contributed by atoms with Crippen LogP contribution in [0.3, 0.4) is 0 Å². The van der Waals surface area contributed by atoms with Crippen LogP contribution in [0.2, 0.25) is 0 Å². The first-order valence-electron chi connectivity index (χ1n) is 4.14. The lowest BCUT2D eigenvalue weighted by atomic mass is 10.00. The zero-order valence-corrected chi connectivity index (χ0v) is 6.68. The smallest absolute Gasteiger partial charge is 0.133 e. The third-order valence-corrected chi connectivity index (χ3v) is 3.47. The van der Waals surface area contributed by atoms with Crippen molar-refractivity contribution in [2.24, 2.45) is 17.3 Å². The Hall–Kier alpha value is -0.330. The lowest BCUT2D eigenvalue weighted by Gasteiger charge is -2.04. The van der Waals surface area contributed by atoms with Gasteiger partial charge < -0.3 is 0 Å². The molecule has 0 aromatic carbocycles. The Labute approximate surface area is 61.8 Å². The standard InChI is InChI=1S/C9H14O/c1-9(2)7-4-3-6(10)5-8(7)9/h7-8H,3-5H2,1-2H3. The normalized spacial score (nSPS) is 42.8. The first-order valence-corrected chi connectivity index (χ1v) is 4.14. The molecular weight excluding hydrogens is 124 g/mol. The van der Waals surface area contributed by atoms with Crippen LogP contribution >= 0.6 is 0 Å². The average molecular weight is 138 g/mol. The van der Waals surface area contributed by atoms with E-state index in [1.807, 2.05) is 0 Å². The van der Waals surface area contributed by atoms with Gasteiger partial charge in [0.1, 0.15) is 5.78 Å². The Balaban J connectivity index is 2.10. The zero-order valence-electron chi connectivity index (χ0n) is 6.68. The summed E-state index contributed by atoms with van der Waals surface area (Å²) in [5.74, 6) is 2.12. The Bertz CT molecular complexity index is 181. The fourth-order valence-corrected chi connectivity index (χ4v) is 2.50. The van der Waals surface area contributed by atoms with Gasteiger partial charge in [-0.15, -0.1) is 0 Å². The van der Waals surface area contributed by atoms with Gasteiger partial charge in [0.25, 0.3) is 0 Å². The summed E-state index contributed by atoms with van der Waals surface area (Å²) in [6.45, 7) is 4.59. The second-order valence-corrected chi connectivity index (χ2v) is 4.32. The minimum absolute atomic E-state index is 0.492. The minimum Gasteiger partial charge on any atom is -0.300 e. The summed E-state index contributed by atoms with van der Waals surface area (Å²) in [4.78, 5) is 11.0. The van der Waals surface area contributed by atoms with Gasteiger partial charge in [-0.1, -0.05) is 13.8 Å². The van der Waals surface area contributed by atoms with E-state index in [9.17, 15) is 4.79 Å². The third-order valence-electron chi connectivity index (χ3n) is 3.47. The van der Waals surface area contributed by atoms with Crippen LogP contribution in [0.25, 0.3) is 0 Å². The highest BCUT2D eigenvalue weighted by Gasteiger charge is 2.58. The number of ketones is 1. The van der Waals surface area contributed by atoms with Crippen LogP contribution < -0.4 is 0 Å². The van der Waals surface area contributed by atoms with Gasteiger partial charge >= 0.3 is 0 Å². The van der Waals surface area contributed by atoms with Crippen molar-refractivity contribution < 1.29 is 4.79 Å². The molecule has 2 aliphatic carbocycles. The fourth-order valence-electron chi connectivity index (χ4n) is 2.50. The molecule has 1 nitrogen and oxygen atoms in total. The highest BCUT2D eigenvalue weighted by Crippen LogP contribution is 2.64. The summed E-state index contributed by atoms with van der Waals surface area (Å²) >= 11 is 0. The van der Waals surface area contributed by atoms with Crippen LogP contribution in [0.4, 0.5) is 0 Å². The van der Waals surface area contributed by atoms with E-state index in [0.717, 1.165) is 31.1 Å². The lowest BCUT2D eigenvalue weighted by molar-refractivity contribution is -0.120. The van der Waals surface area contributed by atoms with Crippen molar-refractivity contribution in [2.75, 3.05) is 0 Å². The summed E-state index contributed by atoms with van der Waals surface area (Å²) in [5, 5.41) is 0. The number of hydrogen-bond acceptors (Lipinski definition) is 1. The highest BCUT2D eigenvalue weighted by atomic mass is 16.1. The summed E-state index contributed by atoms with van der Waals surface area (Å²) in [5.41, 5.74) is 0.506. The molecule has 2 aliphatic rings. The van der Waals surface area contributed by atoms with Crippen molar-refractivity contribution in [1.82, 2.24) is 0 Å². The Morgan fingerprint density at radius 2 is 2.10 bits per heavy atom. The number of fused-ring (bicyclic) bond motifs is 1. The fraction of sp³-hybridized carbons (Fsp3) is 0.889. The van der Waals surface area contributed by atoms with Crippen LogP contribution in [-0.4, -0.2) is 5.78 Å². The maximum Gasteiger partial charge on any atom is 0.133 e. The summed E-state index contributed by atoms with van der Waals surface area (Å²) in [7, 11) is 0. The Kier molecular flexibility index (Phi) is 1.04. The maximum atomic E-state index is 11.0. The molecule has 0 aliphatic heterocycles. The van der Waals surface area contributed by atoms with E-state index in [0.29, 0.717) is 11.2 Å². The molecule has 10 heavy (non-hydrogen) atoms. The van der Waals surface area contributed by atoms with Gasteiger partial charge in [0.05, 0.1) is 0 Å². The van der Waals surface area contributed by atoms with E-state index < -0.39 is 0 Å². The molecule has 0 aromatic heterocycles. The number of carbonyl (C=O) groups is 1. The van der Waals surface area contributed by atoms with Gasteiger partial charge in [0.15, 0.2) is 0 Å². The summed E-state index contributed by atoms with van der Waals surface area (Å²) < 4.78 is 0. The van der Waals surface area contributed by atoms with Gasteiger partial charge in [-0.3, -0.25) is 4.79 Å². The molecule has 2 saturated carbocycles. The topological polar surface area (TPSA) is 17.1 Å². The third kappa shape index (κ3) is 0.664. The SMILES string of the molecule is CC1(C)C2CCC(=O)CC21. The molecule has 2 unspecified atom stereocenters. The quantitative estimate of drug-likeness (QED) is 0.500. The van der Waals surface area contributed by atoms with Crippen molar-refractivity contribution in [1.29, 1.82) is 0 Å².